The molecule has 0 aliphatic carbocycles. The number of piperidine rings is 1. The highest BCUT2D eigenvalue weighted by molar-refractivity contribution is 6.05. The van der Waals surface area contributed by atoms with Crippen molar-refractivity contribution in [2.45, 2.75) is 44.4 Å². The Bertz CT molecular complexity index is 812. The van der Waals surface area contributed by atoms with Gasteiger partial charge in [-0.1, -0.05) is 12.1 Å². The maximum absolute atomic E-state index is 13.3. The van der Waals surface area contributed by atoms with Gasteiger partial charge in [0.25, 0.3) is 12.3 Å². The van der Waals surface area contributed by atoms with Crippen LogP contribution in [0.25, 0.3) is 0 Å². The molecule has 0 radical (unpaired) electrons. The molecule has 9 heteroatoms. The lowest BCUT2D eigenvalue weighted by atomic mass is 9.94. The average molecular weight is 392 g/mol. The quantitative estimate of drug-likeness (QED) is 0.610. The summed E-state index contributed by atoms with van der Waals surface area (Å²) in [6.07, 6.45) is -1.92. The molecule has 0 saturated carbocycles. The summed E-state index contributed by atoms with van der Waals surface area (Å²) in [6.45, 7) is 1.73. The third-order valence-corrected chi connectivity index (χ3v) is 5.72. The molecule has 2 saturated heterocycles. The zero-order chi connectivity index (χ0) is 19.8. The molecule has 4 rings (SSSR count). The topological polar surface area (TPSA) is 90.5 Å². The van der Waals surface area contributed by atoms with Crippen molar-refractivity contribution in [2.24, 2.45) is 5.92 Å². The maximum atomic E-state index is 13.3. The van der Waals surface area contributed by atoms with Gasteiger partial charge in [0, 0.05) is 44.1 Å². The minimum absolute atomic E-state index is 0.0842. The van der Waals surface area contributed by atoms with Gasteiger partial charge in [0.15, 0.2) is 0 Å². The SMILES string of the molecule is O=C1CCC(N2Cc3cc(CNC(C(F)F)C4CNC4)ccc3C2=O)C(=O)N1. The van der Waals surface area contributed by atoms with Crippen molar-refractivity contribution in [3.8, 4) is 0 Å². The van der Waals surface area contributed by atoms with Crippen LogP contribution in [-0.2, 0) is 22.7 Å². The van der Waals surface area contributed by atoms with Crippen LogP contribution >= 0.6 is 0 Å². The van der Waals surface area contributed by atoms with Gasteiger partial charge in [0.2, 0.25) is 11.8 Å². The second kappa shape index (κ2) is 7.56. The summed E-state index contributed by atoms with van der Waals surface area (Å²) in [6, 6.07) is 3.74. The van der Waals surface area contributed by atoms with Crippen LogP contribution < -0.4 is 16.0 Å². The number of nitrogens with zero attached hydrogens (tertiary/aromatic N) is 1. The van der Waals surface area contributed by atoms with Crippen LogP contribution in [0, 0.1) is 5.92 Å². The molecule has 3 heterocycles. The predicted molar refractivity (Wildman–Crippen MR) is 95.5 cm³/mol. The number of alkyl halides is 2. The van der Waals surface area contributed by atoms with Gasteiger partial charge in [-0.25, -0.2) is 8.78 Å². The average Bonchev–Trinajstić information content (AvgIpc) is 2.92. The highest BCUT2D eigenvalue weighted by atomic mass is 19.3. The summed E-state index contributed by atoms with van der Waals surface area (Å²) < 4.78 is 26.5. The smallest absolute Gasteiger partial charge is 0.255 e. The number of carbonyl (C=O) groups is 3. The number of rotatable bonds is 6. The van der Waals surface area contributed by atoms with Crippen LogP contribution in [0.3, 0.4) is 0 Å². The molecule has 0 spiro atoms. The number of carbonyl (C=O) groups excluding carboxylic acids is 3. The fraction of sp³-hybridized carbons (Fsp3) is 0.526. The molecular weight excluding hydrogens is 370 g/mol. The molecule has 2 fully saturated rings. The van der Waals surface area contributed by atoms with Gasteiger partial charge >= 0.3 is 0 Å². The number of hydrogen-bond acceptors (Lipinski definition) is 5. The van der Waals surface area contributed by atoms with Gasteiger partial charge in [-0.05, 0) is 23.6 Å². The fourth-order valence-electron chi connectivity index (χ4n) is 4.00. The van der Waals surface area contributed by atoms with Gasteiger partial charge in [-0.2, -0.15) is 0 Å². The van der Waals surface area contributed by atoms with Gasteiger partial charge in [0.1, 0.15) is 6.04 Å². The van der Waals surface area contributed by atoms with Gasteiger partial charge < -0.3 is 15.5 Å². The van der Waals surface area contributed by atoms with Gasteiger partial charge in [-0.3, -0.25) is 19.7 Å². The lowest BCUT2D eigenvalue weighted by Gasteiger charge is -2.34. The van der Waals surface area contributed by atoms with E-state index in [1.165, 1.54) is 4.90 Å². The Morgan fingerprint density at radius 1 is 1.21 bits per heavy atom. The first-order valence-corrected chi connectivity index (χ1v) is 9.42. The first kappa shape index (κ1) is 18.9. The Morgan fingerprint density at radius 3 is 2.64 bits per heavy atom. The first-order chi connectivity index (χ1) is 13.4. The van der Waals surface area contributed by atoms with Gasteiger partial charge in [0.05, 0.1) is 6.04 Å². The Labute approximate surface area is 160 Å². The summed E-state index contributed by atoms with van der Waals surface area (Å²) in [5.41, 5.74) is 2.10. The number of fused-ring (bicyclic) bond motifs is 1. The maximum Gasteiger partial charge on any atom is 0.255 e. The van der Waals surface area contributed by atoms with E-state index in [0.717, 1.165) is 11.1 Å². The Hall–Kier alpha value is -2.39. The molecule has 2 atom stereocenters. The minimum Gasteiger partial charge on any atom is -0.322 e. The summed E-state index contributed by atoms with van der Waals surface area (Å²) >= 11 is 0. The normalized spacial score (nSPS) is 23.6. The monoisotopic (exact) mass is 392 g/mol. The molecular formula is C19H22F2N4O3. The number of amides is 3. The minimum atomic E-state index is -2.44. The standard InChI is InChI=1S/C19H22F2N4O3/c20-17(21)16(12-7-22-8-12)23-6-10-1-2-13-11(5-10)9-25(19(13)28)14-3-4-15(26)24-18(14)27/h1-2,5,12,14,16-17,22-23H,3-4,6-9H2,(H,24,26,27). The lowest BCUT2D eigenvalue weighted by molar-refractivity contribution is -0.136. The third-order valence-electron chi connectivity index (χ3n) is 5.72. The molecule has 3 aliphatic heterocycles. The number of imide groups is 1. The molecule has 3 amide bonds. The van der Waals surface area contributed by atoms with Crippen LogP contribution in [0.2, 0.25) is 0 Å². The van der Waals surface area contributed by atoms with E-state index in [2.05, 4.69) is 16.0 Å². The van der Waals surface area contributed by atoms with Gasteiger partial charge in [-0.15, -0.1) is 0 Å². The highest BCUT2D eigenvalue weighted by Crippen LogP contribution is 2.28. The van der Waals surface area contributed by atoms with Crippen LogP contribution in [0.4, 0.5) is 8.78 Å². The Kier molecular flexibility index (Phi) is 5.11. The summed E-state index contributed by atoms with van der Waals surface area (Å²) in [7, 11) is 0. The van der Waals surface area contributed by atoms with Crippen molar-refractivity contribution in [1.29, 1.82) is 0 Å². The number of hydrogen-bond donors (Lipinski definition) is 3. The zero-order valence-corrected chi connectivity index (χ0v) is 15.2. The van der Waals surface area contributed by atoms with Crippen LogP contribution in [-0.4, -0.2) is 54.2 Å². The molecule has 2 unspecified atom stereocenters. The molecule has 28 heavy (non-hydrogen) atoms. The largest absolute Gasteiger partial charge is 0.322 e. The zero-order valence-electron chi connectivity index (χ0n) is 15.2. The molecule has 7 nitrogen and oxygen atoms in total. The number of nitrogens with one attached hydrogen (secondary N) is 3. The van der Waals surface area contributed by atoms with E-state index >= 15 is 0 Å². The van der Waals surface area contributed by atoms with Crippen molar-refractivity contribution in [1.82, 2.24) is 20.9 Å². The molecule has 0 aromatic heterocycles. The second-order valence-electron chi connectivity index (χ2n) is 7.55. The highest BCUT2D eigenvalue weighted by Gasteiger charge is 2.39. The van der Waals surface area contributed by atoms with E-state index in [1.54, 1.807) is 12.1 Å². The molecule has 0 bridgehead atoms. The molecule has 3 aliphatic rings. The molecule has 3 N–H and O–H groups in total. The summed E-state index contributed by atoms with van der Waals surface area (Å²) in [5.74, 6) is -1.10. The Morgan fingerprint density at radius 2 is 2.00 bits per heavy atom. The van der Waals surface area contributed by atoms with E-state index in [0.29, 0.717) is 25.1 Å². The van der Waals surface area contributed by atoms with E-state index in [-0.39, 0.29) is 37.2 Å². The Balaban J connectivity index is 1.43. The van der Waals surface area contributed by atoms with Crippen LogP contribution in [0.15, 0.2) is 18.2 Å². The summed E-state index contributed by atoms with van der Waals surface area (Å²) in [4.78, 5) is 37.6. The van der Waals surface area contributed by atoms with E-state index < -0.39 is 24.4 Å². The third kappa shape index (κ3) is 3.51. The number of halogens is 2. The second-order valence-corrected chi connectivity index (χ2v) is 7.55. The van der Waals surface area contributed by atoms with Crippen molar-refractivity contribution in [3.63, 3.8) is 0 Å². The first-order valence-electron chi connectivity index (χ1n) is 9.42. The predicted octanol–water partition coefficient (Wildman–Crippen LogP) is 0.390. The molecule has 1 aromatic carbocycles. The molecule has 1 aromatic rings. The van der Waals surface area contributed by atoms with Crippen LogP contribution in [0.5, 0.6) is 0 Å². The lowest BCUT2D eigenvalue weighted by Crippen LogP contribution is -2.56. The van der Waals surface area contributed by atoms with Crippen molar-refractivity contribution in [2.75, 3.05) is 13.1 Å². The van der Waals surface area contributed by atoms with Crippen LogP contribution in [0.1, 0.15) is 34.3 Å². The van der Waals surface area contributed by atoms with Crippen molar-refractivity contribution < 1.29 is 23.2 Å². The number of benzene rings is 1. The molecule has 150 valence electrons. The fourth-order valence-corrected chi connectivity index (χ4v) is 4.00. The van der Waals surface area contributed by atoms with Crippen molar-refractivity contribution >= 4 is 17.7 Å². The summed E-state index contributed by atoms with van der Waals surface area (Å²) in [5, 5.41) is 8.21. The van der Waals surface area contributed by atoms with E-state index in [1.807, 2.05) is 6.07 Å². The van der Waals surface area contributed by atoms with E-state index in [4.69, 9.17) is 0 Å². The van der Waals surface area contributed by atoms with Crippen molar-refractivity contribution in [3.05, 3.63) is 34.9 Å². The van der Waals surface area contributed by atoms with E-state index in [9.17, 15) is 23.2 Å².